The van der Waals surface area contributed by atoms with Crippen molar-refractivity contribution >= 4 is 5.69 Å². The van der Waals surface area contributed by atoms with Gasteiger partial charge in [-0.1, -0.05) is 19.3 Å². The van der Waals surface area contributed by atoms with Crippen LogP contribution in [0.3, 0.4) is 0 Å². The number of rotatable bonds is 1. The van der Waals surface area contributed by atoms with Crippen molar-refractivity contribution in [3.8, 4) is 0 Å². The zero-order valence-corrected chi connectivity index (χ0v) is 9.20. The largest absolute Gasteiger partial charge is 0.397 e. The zero-order valence-electron chi connectivity index (χ0n) is 9.20. The molecule has 0 amide bonds. The lowest BCUT2D eigenvalue weighted by atomic mass is 9.95. The van der Waals surface area contributed by atoms with E-state index in [-0.39, 0.29) is 5.56 Å². The Hall–Kier alpha value is -1.25. The molecule has 1 saturated carbocycles. The van der Waals surface area contributed by atoms with Gasteiger partial charge >= 0.3 is 0 Å². The third kappa shape index (κ3) is 2.06. The molecule has 82 valence electrons. The first kappa shape index (κ1) is 10.3. The Morgan fingerprint density at radius 3 is 2.67 bits per heavy atom. The summed E-state index contributed by atoms with van der Waals surface area (Å²) in [6, 6.07) is 2.01. The minimum atomic E-state index is 0.0913. The van der Waals surface area contributed by atoms with Crippen molar-refractivity contribution in [3.05, 3.63) is 28.2 Å². The molecule has 0 spiro atoms. The highest BCUT2D eigenvalue weighted by atomic mass is 16.1. The van der Waals surface area contributed by atoms with E-state index < -0.39 is 0 Å². The molecular weight excluding hydrogens is 188 g/mol. The number of nitrogen functional groups attached to an aromatic ring is 1. The van der Waals surface area contributed by atoms with Gasteiger partial charge in [0.15, 0.2) is 0 Å². The van der Waals surface area contributed by atoms with Crippen LogP contribution >= 0.6 is 0 Å². The molecule has 1 aliphatic carbocycles. The van der Waals surface area contributed by atoms with E-state index in [4.69, 9.17) is 5.73 Å². The van der Waals surface area contributed by atoms with Gasteiger partial charge in [0.2, 0.25) is 0 Å². The van der Waals surface area contributed by atoms with Gasteiger partial charge in [0.25, 0.3) is 5.56 Å². The van der Waals surface area contributed by atoms with Gasteiger partial charge in [0.05, 0.1) is 5.69 Å². The molecule has 0 aliphatic heterocycles. The maximum Gasteiger partial charge on any atom is 0.251 e. The van der Waals surface area contributed by atoms with Crippen molar-refractivity contribution in [2.75, 3.05) is 5.73 Å². The van der Waals surface area contributed by atoms with Gasteiger partial charge in [-0.3, -0.25) is 4.79 Å². The highest BCUT2D eigenvalue weighted by molar-refractivity contribution is 5.43. The monoisotopic (exact) mass is 206 g/mol. The fraction of sp³-hybridized carbons (Fsp3) is 0.583. The molecule has 1 fully saturated rings. The second-order valence-electron chi connectivity index (χ2n) is 4.45. The smallest absolute Gasteiger partial charge is 0.251 e. The van der Waals surface area contributed by atoms with E-state index >= 15 is 0 Å². The van der Waals surface area contributed by atoms with E-state index in [9.17, 15) is 4.79 Å². The molecule has 1 aliphatic rings. The first-order chi connectivity index (χ1) is 7.18. The number of aryl methyl sites for hydroxylation is 1. The van der Waals surface area contributed by atoms with Crippen molar-refractivity contribution in [2.24, 2.45) is 0 Å². The first-order valence-corrected chi connectivity index (χ1v) is 5.67. The van der Waals surface area contributed by atoms with Crippen LogP contribution in [0.4, 0.5) is 5.69 Å². The molecule has 0 bridgehead atoms. The fourth-order valence-electron chi connectivity index (χ4n) is 2.30. The van der Waals surface area contributed by atoms with Crippen LogP contribution in [0.2, 0.25) is 0 Å². The Labute approximate surface area is 89.9 Å². The summed E-state index contributed by atoms with van der Waals surface area (Å²) in [6.07, 6.45) is 7.79. The minimum absolute atomic E-state index is 0.0913. The Morgan fingerprint density at radius 1 is 1.33 bits per heavy atom. The molecule has 0 atom stereocenters. The zero-order chi connectivity index (χ0) is 10.8. The lowest BCUT2D eigenvalue weighted by Crippen LogP contribution is -2.26. The maximum absolute atomic E-state index is 11.8. The average molecular weight is 206 g/mol. The molecule has 0 unspecified atom stereocenters. The van der Waals surface area contributed by atoms with E-state index in [0.29, 0.717) is 6.04 Å². The number of anilines is 1. The molecule has 3 nitrogen and oxygen atoms in total. The number of nitrogens with zero attached hydrogens (tertiary/aromatic N) is 1. The molecule has 2 rings (SSSR count). The third-order valence-corrected chi connectivity index (χ3v) is 3.30. The second-order valence-corrected chi connectivity index (χ2v) is 4.45. The van der Waals surface area contributed by atoms with Gasteiger partial charge in [-0.05, 0) is 25.3 Å². The quantitative estimate of drug-likeness (QED) is 0.766. The van der Waals surface area contributed by atoms with Crippen molar-refractivity contribution < 1.29 is 0 Å². The number of hydrogen-bond donors (Lipinski definition) is 1. The van der Waals surface area contributed by atoms with Gasteiger partial charge < -0.3 is 10.3 Å². The summed E-state index contributed by atoms with van der Waals surface area (Å²) in [6.45, 7) is 1.88. The van der Waals surface area contributed by atoms with Crippen LogP contribution in [0.5, 0.6) is 0 Å². The predicted molar refractivity (Wildman–Crippen MR) is 62.0 cm³/mol. The topological polar surface area (TPSA) is 48.0 Å². The van der Waals surface area contributed by atoms with Gasteiger partial charge in [-0.2, -0.15) is 0 Å². The number of pyridine rings is 1. The molecule has 1 heterocycles. The normalized spacial score (nSPS) is 17.9. The van der Waals surface area contributed by atoms with Gasteiger partial charge in [0.1, 0.15) is 0 Å². The van der Waals surface area contributed by atoms with Crippen LogP contribution < -0.4 is 11.3 Å². The summed E-state index contributed by atoms with van der Waals surface area (Å²) < 4.78 is 1.82. The fourth-order valence-corrected chi connectivity index (χ4v) is 2.30. The Bertz CT molecular complexity index is 403. The van der Waals surface area contributed by atoms with E-state index in [1.165, 1.54) is 19.3 Å². The molecule has 3 heteroatoms. The molecule has 0 radical (unpaired) electrons. The summed E-state index contributed by atoms with van der Waals surface area (Å²) in [4.78, 5) is 11.8. The first-order valence-electron chi connectivity index (χ1n) is 5.67. The average Bonchev–Trinajstić information content (AvgIpc) is 2.25. The van der Waals surface area contributed by atoms with Crippen LogP contribution in [0, 0.1) is 6.92 Å². The van der Waals surface area contributed by atoms with Crippen molar-refractivity contribution in [3.63, 3.8) is 0 Å². The van der Waals surface area contributed by atoms with E-state index in [0.717, 1.165) is 24.1 Å². The molecule has 0 saturated heterocycles. The standard InChI is InChI=1S/C12H18N2O/c1-9-7-12(15)14(8-11(9)13)10-5-3-2-4-6-10/h7-8,10H,2-6,13H2,1H3. The molecule has 15 heavy (non-hydrogen) atoms. The van der Waals surface area contributed by atoms with Crippen molar-refractivity contribution in [1.82, 2.24) is 4.57 Å². The van der Waals surface area contributed by atoms with E-state index in [1.54, 1.807) is 6.07 Å². The SMILES string of the molecule is Cc1cc(=O)n(C2CCCCC2)cc1N. The van der Waals surface area contributed by atoms with Gasteiger partial charge in [0, 0.05) is 18.3 Å². The summed E-state index contributed by atoms with van der Waals surface area (Å²) in [5, 5.41) is 0. The lowest BCUT2D eigenvalue weighted by Gasteiger charge is -2.24. The number of aromatic nitrogens is 1. The highest BCUT2D eigenvalue weighted by Gasteiger charge is 2.16. The van der Waals surface area contributed by atoms with E-state index in [2.05, 4.69) is 0 Å². The number of nitrogens with two attached hydrogens (primary N) is 1. The summed E-state index contributed by atoms with van der Waals surface area (Å²) in [5.41, 5.74) is 7.53. The third-order valence-electron chi connectivity index (χ3n) is 3.30. The Balaban J connectivity index is 2.34. The Morgan fingerprint density at radius 2 is 2.00 bits per heavy atom. The number of hydrogen-bond acceptors (Lipinski definition) is 2. The second kappa shape index (κ2) is 4.09. The van der Waals surface area contributed by atoms with Crippen molar-refractivity contribution in [1.29, 1.82) is 0 Å². The highest BCUT2D eigenvalue weighted by Crippen LogP contribution is 2.27. The van der Waals surface area contributed by atoms with Crippen molar-refractivity contribution in [2.45, 2.75) is 45.1 Å². The molecule has 1 aromatic rings. The molecule has 1 aromatic heterocycles. The molecule has 0 aromatic carbocycles. The van der Waals surface area contributed by atoms with Crippen LogP contribution in [-0.2, 0) is 0 Å². The minimum Gasteiger partial charge on any atom is -0.397 e. The summed E-state index contributed by atoms with van der Waals surface area (Å²) in [5.74, 6) is 0. The Kier molecular flexibility index (Phi) is 2.80. The van der Waals surface area contributed by atoms with E-state index in [1.807, 2.05) is 17.7 Å². The van der Waals surface area contributed by atoms with Gasteiger partial charge in [-0.15, -0.1) is 0 Å². The lowest BCUT2D eigenvalue weighted by molar-refractivity contribution is 0.346. The summed E-state index contributed by atoms with van der Waals surface area (Å²) >= 11 is 0. The molecular formula is C12H18N2O. The van der Waals surface area contributed by atoms with Crippen LogP contribution in [-0.4, -0.2) is 4.57 Å². The van der Waals surface area contributed by atoms with Crippen LogP contribution in [0.15, 0.2) is 17.1 Å². The van der Waals surface area contributed by atoms with Gasteiger partial charge in [-0.25, -0.2) is 0 Å². The maximum atomic E-state index is 11.8. The summed E-state index contributed by atoms with van der Waals surface area (Å²) in [7, 11) is 0. The van der Waals surface area contributed by atoms with Crippen LogP contribution in [0.1, 0.15) is 43.7 Å². The predicted octanol–water partition coefficient (Wildman–Crippen LogP) is 2.24. The molecule has 2 N–H and O–H groups in total. The van der Waals surface area contributed by atoms with Crippen LogP contribution in [0.25, 0.3) is 0 Å².